The first-order chi connectivity index (χ1) is 8.58. The molecule has 0 spiro atoms. The summed E-state index contributed by atoms with van der Waals surface area (Å²) >= 11 is 0. The highest BCUT2D eigenvalue weighted by atomic mass is 16.2. The zero-order chi connectivity index (χ0) is 13.5. The minimum Gasteiger partial charge on any atom is -0.355 e. The molecule has 0 aliphatic carbocycles. The maximum atomic E-state index is 11.7. The molecule has 5 heteroatoms. The van der Waals surface area contributed by atoms with E-state index in [1.165, 1.54) is 0 Å². The topological polar surface area (TPSA) is 59.0 Å². The zero-order valence-electron chi connectivity index (χ0n) is 11.7. The molecule has 0 saturated carbocycles. The van der Waals surface area contributed by atoms with Crippen LogP contribution in [0.25, 0.3) is 0 Å². The van der Waals surface area contributed by atoms with E-state index >= 15 is 0 Å². The first-order valence-electron chi connectivity index (χ1n) is 6.64. The van der Waals surface area contributed by atoms with Crippen molar-refractivity contribution in [3.63, 3.8) is 0 Å². The molecule has 18 heavy (non-hydrogen) atoms. The standard InChI is InChI=1S/C13H24N4O/c1-5-7-14-13(18)11(4)16-10(3)12-8-15-17(6-2)9-12/h8-11,16H,5-7H2,1-4H3,(H,14,18). The van der Waals surface area contributed by atoms with Crippen LogP contribution >= 0.6 is 0 Å². The monoisotopic (exact) mass is 252 g/mol. The van der Waals surface area contributed by atoms with Crippen molar-refractivity contribution < 1.29 is 4.79 Å². The van der Waals surface area contributed by atoms with Crippen LogP contribution in [0.5, 0.6) is 0 Å². The van der Waals surface area contributed by atoms with Crippen LogP contribution in [-0.2, 0) is 11.3 Å². The summed E-state index contributed by atoms with van der Waals surface area (Å²) in [5.41, 5.74) is 1.10. The number of hydrogen-bond acceptors (Lipinski definition) is 3. The first-order valence-corrected chi connectivity index (χ1v) is 6.64. The van der Waals surface area contributed by atoms with Gasteiger partial charge in [0.1, 0.15) is 0 Å². The smallest absolute Gasteiger partial charge is 0.236 e. The van der Waals surface area contributed by atoms with Gasteiger partial charge >= 0.3 is 0 Å². The molecule has 0 radical (unpaired) electrons. The van der Waals surface area contributed by atoms with Gasteiger partial charge in [0.05, 0.1) is 12.2 Å². The number of hydrogen-bond donors (Lipinski definition) is 2. The van der Waals surface area contributed by atoms with Gasteiger partial charge in [-0.25, -0.2) is 0 Å². The van der Waals surface area contributed by atoms with E-state index in [4.69, 9.17) is 0 Å². The molecule has 2 unspecified atom stereocenters. The molecular weight excluding hydrogens is 228 g/mol. The number of rotatable bonds is 7. The Morgan fingerprint density at radius 2 is 2.17 bits per heavy atom. The molecule has 0 aromatic carbocycles. The third-order valence-electron chi connectivity index (χ3n) is 2.92. The molecule has 0 fully saturated rings. The van der Waals surface area contributed by atoms with Gasteiger partial charge in [0.25, 0.3) is 0 Å². The highest BCUT2D eigenvalue weighted by Crippen LogP contribution is 2.11. The summed E-state index contributed by atoms with van der Waals surface area (Å²) in [5, 5.41) is 10.4. The van der Waals surface area contributed by atoms with Gasteiger partial charge in [-0.3, -0.25) is 14.8 Å². The van der Waals surface area contributed by atoms with E-state index < -0.39 is 0 Å². The lowest BCUT2D eigenvalue weighted by Gasteiger charge is -2.18. The molecule has 0 bridgehead atoms. The van der Waals surface area contributed by atoms with Gasteiger partial charge in [-0.1, -0.05) is 6.92 Å². The lowest BCUT2D eigenvalue weighted by Crippen LogP contribution is -2.43. The minimum absolute atomic E-state index is 0.0478. The summed E-state index contributed by atoms with van der Waals surface area (Å²) in [5.74, 6) is 0.0478. The molecule has 1 aromatic rings. The van der Waals surface area contributed by atoms with Gasteiger partial charge in [0.15, 0.2) is 0 Å². The molecule has 0 aliphatic heterocycles. The van der Waals surface area contributed by atoms with Crippen molar-refractivity contribution in [1.29, 1.82) is 0 Å². The van der Waals surface area contributed by atoms with Gasteiger partial charge in [-0.05, 0) is 27.2 Å². The fourth-order valence-corrected chi connectivity index (χ4v) is 1.72. The second-order valence-electron chi connectivity index (χ2n) is 4.53. The quantitative estimate of drug-likeness (QED) is 0.772. The molecule has 2 atom stereocenters. The van der Waals surface area contributed by atoms with Crippen molar-refractivity contribution in [2.24, 2.45) is 0 Å². The van der Waals surface area contributed by atoms with E-state index in [9.17, 15) is 4.79 Å². The minimum atomic E-state index is -0.198. The van der Waals surface area contributed by atoms with E-state index in [-0.39, 0.29) is 18.0 Å². The lowest BCUT2D eigenvalue weighted by molar-refractivity contribution is -0.122. The van der Waals surface area contributed by atoms with Crippen LogP contribution in [0, 0.1) is 0 Å². The lowest BCUT2D eigenvalue weighted by atomic mass is 10.1. The van der Waals surface area contributed by atoms with Crippen molar-refractivity contribution in [2.75, 3.05) is 6.54 Å². The SMILES string of the molecule is CCCNC(=O)C(C)NC(C)c1cnn(CC)c1. The molecule has 0 aliphatic rings. The molecule has 1 heterocycles. The Balaban J connectivity index is 2.48. The second kappa shape index (κ2) is 7.16. The Labute approximate surface area is 109 Å². The predicted molar refractivity (Wildman–Crippen MR) is 72.2 cm³/mol. The Hall–Kier alpha value is -1.36. The van der Waals surface area contributed by atoms with E-state index in [0.717, 1.165) is 25.1 Å². The molecular formula is C13H24N4O. The number of carbonyl (C=O) groups is 1. The van der Waals surface area contributed by atoms with Crippen LogP contribution in [0.2, 0.25) is 0 Å². The summed E-state index contributed by atoms with van der Waals surface area (Å²) in [4.78, 5) is 11.7. The Morgan fingerprint density at radius 1 is 1.44 bits per heavy atom. The summed E-state index contributed by atoms with van der Waals surface area (Å²) in [6.45, 7) is 9.61. The number of nitrogens with one attached hydrogen (secondary N) is 2. The number of aryl methyl sites for hydroxylation is 1. The number of nitrogens with zero attached hydrogens (tertiary/aromatic N) is 2. The molecule has 5 nitrogen and oxygen atoms in total. The van der Waals surface area contributed by atoms with Crippen molar-refractivity contribution in [1.82, 2.24) is 20.4 Å². The summed E-state index contributed by atoms with van der Waals surface area (Å²) < 4.78 is 1.88. The second-order valence-corrected chi connectivity index (χ2v) is 4.53. The molecule has 1 rings (SSSR count). The number of carbonyl (C=O) groups excluding carboxylic acids is 1. The summed E-state index contributed by atoms with van der Waals surface area (Å²) in [6.07, 6.45) is 4.81. The highest BCUT2D eigenvalue weighted by Gasteiger charge is 2.16. The van der Waals surface area contributed by atoms with Gasteiger partial charge in [-0.2, -0.15) is 5.10 Å². The molecule has 1 aromatic heterocycles. The Kier molecular flexibility index (Phi) is 5.85. The average Bonchev–Trinajstić information content (AvgIpc) is 2.84. The van der Waals surface area contributed by atoms with E-state index in [2.05, 4.69) is 22.7 Å². The first kappa shape index (κ1) is 14.7. The normalized spacial score (nSPS) is 14.2. The van der Waals surface area contributed by atoms with Crippen LogP contribution in [0.15, 0.2) is 12.4 Å². The number of amides is 1. The maximum absolute atomic E-state index is 11.7. The fourth-order valence-electron chi connectivity index (χ4n) is 1.72. The summed E-state index contributed by atoms with van der Waals surface area (Å²) in [7, 11) is 0. The van der Waals surface area contributed by atoms with Gasteiger partial charge < -0.3 is 5.32 Å². The molecule has 102 valence electrons. The Morgan fingerprint density at radius 3 is 2.72 bits per heavy atom. The van der Waals surface area contributed by atoms with Crippen molar-refractivity contribution in [3.8, 4) is 0 Å². The van der Waals surface area contributed by atoms with E-state index in [0.29, 0.717) is 0 Å². The number of aromatic nitrogens is 2. The van der Waals surface area contributed by atoms with E-state index in [1.807, 2.05) is 37.8 Å². The molecule has 0 saturated heterocycles. The van der Waals surface area contributed by atoms with Crippen molar-refractivity contribution >= 4 is 5.91 Å². The van der Waals surface area contributed by atoms with Gasteiger partial charge in [0.2, 0.25) is 5.91 Å². The highest BCUT2D eigenvalue weighted by molar-refractivity contribution is 5.81. The predicted octanol–water partition coefficient (Wildman–Crippen LogP) is 1.47. The van der Waals surface area contributed by atoms with Crippen molar-refractivity contribution in [3.05, 3.63) is 18.0 Å². The zero-order valence-corrected chi connectivity index (χ0v) is 11.7. The third kappa shape index (κ3) is 4.14. The largest absolute Gasteiger partial charge is 0.355 e. The molecule has 1 amide bonds. The van der Waals surface area contributed by atoms with Crippen LogP contribution in [0.1, 0.15) is 45.7 Å². The molecule has 2 N–H and O–H groups in total. The van der Waals surface area contributed by atoms with Crippen molar-refractivity contribution in [2.45, 2.75) is 52.7 Å². The third-order valence-corrected chi connectivity index (χ3v) is 2.92. The Bertz CT molecular complexity index is 375. The van der Waals surface area contributed by atoms with Crippen LogP contribution in [0.4, 0.5) is 0 Å². The van der Waals surface area contributed by atoms with Crippen LogP contribution < -0.4 is 10.6 Å². The fraction of sp³-hybridized carbons (Fsp3) is 0.692. The maximum Gasteiger partial charge on any atom is 0.236 e. The van der Waals surface area contributed by atoms with Gasteiger partial charge in [0, 0.05) is 30.9 Å². The summed E-state index contributed by atoms with van der Waals surface area (Å²) in [6, 6.07) is -0.0794. The average molecular weight is 252 g/mol. The van der Waals surface area contributed by atoms with E-state index in [1.54, 1.807) is 0 Å². The van der Waals surface area contributed by atoms with Gasteiger partial charge in [-0.15, -0.1) is 0 Å². The van der Waals surface area contributed by atoms with Crippen LogP contribution in [0.3, 0.4) is 0 Å². The van der Waals surface area contributed by atoms with Crippen LogP contribution in [-0.4, -0.2) is 28.3 Å².